The van der Waals surface area contributed by atoms with Gasteiger partial charge in [-0.05, 0) is 12.1 Å². The molecule has 0 saturated heterocycles. The van der Waals surface area contributed by atoms with E-state index in [4.69, 9.17) is 9.15 Å². The summed E-state index contributed by atoms with van der Waals surface area (Å²) in [6, 6.07) is 4.79. The van der Waals surface area contributed by atoms with Gasteiger partial charge in [0.1, 0.15) is 17.6 Å². The van der Waals surface area contributed by atoms with Gasteiger partial charge in [-0.2, -0.15) is 0 Å². The number of methoxy groups -OCH3 is 1. The summed E-state index contributed by atoms with van der Waals surface area (Å²) in [6.07, 6.45) is 1.09. The summed E-state index contributed by atoms with van der Waals surface area (Å²) in [5, 5.41) is 0.420. The zero-order valence-corrected chi connectivity index (χ0v) is 8.38. The van der Waals surface area contributed by atoms with Gasteiger partial charge in [0, 0.05) is 18.4 Å². The van der Waals surface area contributed by atoms with Crippen LogP contribution in [-0.2, 0) is 5.92 Å². The molecule has 0 spiro atoms. The highest BCUT2D eigenvalue weighted by Gasteiger charge is 2.28. The summed E-state index contributed by atoms with van der Waals surface area (Å²) < 4.78 is 36.2. The summed E-state index contributed by atoms with van der Waals surface area (Å²) >= 11 is 0. The van der Waals surface area contributed by atoms with Crippen LogP contribution in [0.25, 0.3) is 11.0 Å². The molecule has 2 aromatic rings. The molecular weight excluding hydrogens is 202 g/mol. The molecule has 2 nitrogen and oxygen atoms in total. The molecule has 0 amide bonds. The number of benzene rings is 1. The van der Waals surface area contributed by atoms with Crippen LogP contribution in [-0.4, -0.2) is 7.11 Å². The minimum Gasteiger partial charge on any atom is -0.497 e. The minimum atomic E-state index is -2.89. The summed E-state index contributed by atoms with van der Waals surface area (Å²) in [4.78, 5) is 0. The van der Waals surface area contributed by atoms with Crippen molar-refractivity contribution in [3.63, 3.8) is 0 Å². The number of halogens is 2. The predicted octanol–water partition coefficient (Wildman–Crippen LogP) is 3.55. The van der Waals surface area contributed by atoms with Crippen molar-refractivity contribution in [2.75, 3.05) is 7.11 Å². The van der Waals surface area contributed by atoms with Crippen LogP contribution in [0.2, 0.25) is 0 Å². The third-order valence-electron chi connectivity index (χ3n) is 2.26. The van der Waals surface area contributed by atoms with Gasteiger partial charge in [-0.25, -0.2) is 8.78 Å². The van der Waals surface area contributed by atoms with Crippen molar-refractivity contribution in [2.45, 2.75) is 12.8 Å². The Bertz CT molecular complexity index is 483. The molecule has 0 aliphatic rings. The van der Waals surface area contributed by atoms with E-state index in [0.29, 0.717) is 16.7 Å². The lowest BCUT2D eigenvalue weighted by Gasteiger charge is -2.07. The molecule has 0 atom stereocenters. The van der Waals surface area contributed by atoms with Gasteiger partial charge >= 0.3 is 0 Å². The van der Waals surface area contributed by atoms with Gasteiger partial charge < -0.3 is 9.15 Å². The Morgan fingerprint density at radius 2 is 2.07 bits per heavy atom. The van der Waals surface area contributed by atoms with Crippen LogP contribution in [0.4, 0.5) is 8.78 Å². The van der Waals surface area contributed by atoms with E-state index >= 15 is 0 Å². The highest BCUT2D eigenvalue weighted by molar-refractivity contribution is 5.83. The summed E-state index contributed by atoms with van der Waals surface area (Å²) in [5.41, 5.74) is 0.311. The molecule has 1 heterocycles. The third-order valence-corrected chi connectivity index (χ3v) is 2.26. The fraction of sp³-hybridized carbons (Fsp3) is 0.273. The smallest absolute Gasteiger partial charge is 0.274 e. The summed E-state index contributed by atoms with van der Waals surface area (Å²) in [5.74, 6) is -2.30. The van der Waals surface area contributed by atoms with Gasteiger partial charge in [0.2, 0.25) is 0 Å². The fourth-order valence-electron chi connectivity index (χ4n) is 1.48. The van der Waals surface area contributed by atoms with Crippen molar-refractivity contribution in [3.8, 4) is 5.75 Å². The van der Waals surface area contributed by atoms with E-state index in [1.807, 2.05) is 0 Å². The van der Waals surface area contributed by atoms with Crippen molar-refractivity contribution in [2.24, 2.45) is 0 Å². The zero-order valence-electron chi connectivity index (χ0n) is 8.38. The van der Waals surface area contributed by atoms with Crippen LogP contribution in [0.1, 0.15) is 12.5 Å². The first-order valence-electron chi connectivity index (χ1n) is 4.46. The molecular formula is C11H10F2O2. The molecule has 1 aromatic heterocycles. The van der Waals surface area contributed by atoms with Crippen LogP contribution >= 0.6 is 0 Å². The second-order valence-electron chi connectivity index (χ2n) is 3.40. The van der Waals surface area contributed by atoms with Crippen molar-refractivity contribution >= 4 is 11.0 Å². The topological polar surface area (TPSA) is 22.4 Å². The second-order valence-corrected chi connectivity index (χ2v) is 3.40. The molecule has 15 heavy (non-hydrogen) atoms. The van der Waals surface area contributed by atoms with Gasteiger partial charge in [0.25, 0.3) is 5.92 Å². The molecule has 0 bridgehead atoms. The van der Waals surface area contributed by atoms with E-state index in [9.17, 15) is 8.78 Å². The molecule has 0 unspecified atom stereocenters. The third kappa shape index (κ3) is 1.67. The maximum Gasteiger partial charge on any atom is 0.274 e. The standard InChI is InChI=1S/C11H10F2O2/c1-11(12,13)9-6-15-10-5-7(14-2)3-4-8(9)10/h3-6H,1-2H3. The first-order chi connectivity index (χ1) is 7.02. The molecule has 0 radical (unpaired) electrons. The Morgan fingerprint density at radius 3 is 2.67 bits per heavy atom. The van der Waals surface area contributed by atoms with E-state index in [1.165, 1.54) is 7.11 Å². The number of furan rings is 1. The molecule has 0 saturated carbocycles. The number of alkyl halides is 2. The number of rotatable bonds is 2. The van der Waals surface area contributed by atoms with Gasteiger partial charge in [-0.1, -0.05) is 0 Å². The molecule has 0 aliphatic carbocycles. The quantitative estimate of drug-likeness (QED) is 0.759. The van der Waals surface area contributed by atoms with E-state index in [-0.39, 0.29) is 5.56 Å². The van der Waals surface area contributed by atoms with E-state index in [2.05, 4.69) is 0 Å². The van der Waals surface area contributed by atoms with Crippen molar-refractivity contribution in [1.82, 2.24) is 0 Å². The number of hydrogen-bond acceptors (Lipinski definition) is 2. The maximum absolute atomic E-state index is 13.1. The molecule has 4 heteroatoms. The summed E-state index contributed by atoms with van der Waals surface area (Å²) in [7, 11) is 1.51. The summed E-state index contributed by atoms with van der Waals surface area (Å²) in [6.45, 7) is 0.849. The van der Waals surface area contributed by atoms with Gasteiger partial charge in [0.05, 0.1) is 12.7 Å². The molecule has 0 aliphatic heterocycles. The van der Waals surface area contributed by atoms with Crippen LogP contribution in [0, 0.1) is 0 Å². The lowest BCUT2D eigenvalue weighted by molar-refractivity contribution is 0.0183. The predicted molar refractivity (Wildman–Crippen MR) is 52.3 cm³/mol. The van der Waals surface area contributed by atoms with Crippen LogP contribution in [0.15, 0.2) is 28.9 Å². The van der Waals surface area contributed by atoms with Gasteiger partial charge in [-0.15, -0.1) is 0 Å². The number of hydrogen-bond donors (Lipinski definition) is 0. The minimum absolute atomic E-state index is 0.0971. The molecule has 80 valence electrons. The van der Waals surface area contributed by atoms with Gasteiger partial charge in [-0.3, -0.25) is 0 Å². The molecule has 0 fully saturated rings. The van der Waals surface area contributed by atoms with Crippen molar-refractivity contribution in [1.29, 1.82) is 0 Å². The average molecular weight is 212 g/mol. The van der Waals surface area contributed by atoms with Crippen molar-refractivity contribution < 1.29 is 17.9 Å². The van der Waals surface area contributed by atoms with Crippen LogP contribution in [0.3, 0.4) is 0 Å². The normalized spacial score (nSPS) is 12.0. The Hall–Kier alpha value is -1.58. The van der Waals surface area contributed by atoms with Crippen LogP contribution in [0.5, 0.6) is 5.75 Å². The lowest BCUT2D eigenvalue weighted by Crippen LogP contribution is -2.05. The lowest BCUT2D eigenvalue weighted by atomic mass is 10.1. The van der Waals surface area contributed by atoms with Crippen LogP contribution < -0.4 is 4.74 Å². The zero-order chi connectivity index (χ0) is 11.1. The monoisotopic (exact) mass is 212 g/mol. The number of fused-ring (bicyclic) bond motifs is 1. The first kappa shape index (κ1) is 9.96. The highest BCUT2D eigenvalue weighted by Crippen LogP contribution is 2.35. The average Bonchev–Trinajstić information content (AvgIpc) is 2.59. The first-order valence-corrected chi connectivity index (χ1v) is 4.46. The molecule has 1 aromatic carbocycles. The molecule has 2 rings (SSSR count). The Morgan fingerprint density at radius 1 is 1.33 bits per heavy atom. The Balaban J connectivity index is 2.62. The van der Waals surface area contributed by atoms with Gasteiger partial charge in [0.15, 0.2) is 0 Å². The van der Waals surface area contributed by atoms with Crippen molar-refractivity contribution in [3.05, 3.63) is 30.0 Å². The fourth-order valence-corrected chi connectivity index (χ4v) is 1.48. The largest absolute Gasteiger partial charge is 0.497 e. The number of ether oxygens (including phenoxy) is 1. The Kier molecular flexibility index (Phi) is 2.14. The van der Waals surface area contributed by atoms with E-state index in [1.54, 1.807) is 18.2 Å². The highest BCUT2D eigenvalue weighted by atomic mass is 19.3. The SMILES string of the molecule is COc1ccc2c(C(C)(F)F)coc2c1. The van der Waals surface area contributed by atoms with E-state index in [0.717, 1.165) is 13.2 Å². The Labute approximate surface area is 85.4 Å². The second kappa shape index (κ2) is 3.22. The van der Waals surface area contributed by atoms with E-state index < -0.39 is 5.92 Å². The molecule has 0 N–H and O–H groups in total. The maximum atomic E-state index is 13.1.